The van der Waals surface area contributed by atoms with E-state index in [1.165, 1.54) is 36.4 Å². The van der Waals surface area contributed by atoms with Crippen LogP contribution in [-0.4, -0.2) is 20.9 Å². The second-order valence-electron chi connectivity index (χ2n) is 6.32. The summed E-state index contributed by atoms with van der Waals surface area (Å²) in [4.78, 5) is 12.0. The number of ether oxygens (including phenoxy) is 1. The van der Waals surface area contributed by atoms with Gasteiger partial charge in [0.1, 0.15) is 5.75 Å². The van der Waals surface area contributed by atoms with Crippen molar-refractivity contribution in [1.82, 2.24) is 0 Å². The molecule has 3 aromatic rings. The molecule has 0 saturated heterocycles. The van der Waals surface area contributed by atoms with Crippen LogP contribution in [0, 0.1) is 0 Å². The fraction of sp³-hybridized carbons (Fsp3) is 0.0952. The van der Waals surface area contributed by atoms with Crippen LogP contribution in [0.2, 0.25) is 0 Å². The monoisotopic (exact) mass is 450 g/mol. The minimum Gasteiger partial charge on any atom is -0.484 e. The van der Waals surface area contributed by atoms with E-state index in [1.807, 2.05) is 0 Å². The molecular formula is C21H17F3N2O4S. The molecule has 31 heavy (non-hydrogen) atoms. The lowest BCUT2D eigenvalue weighted by Crippen LogP contribution is -2.22. The van der Waals surface area contributed by atoms with Crippen LogP contribution in [-0.2, 0) is 21.0 Å². The molecule has 0 aromatic heterocycles. The van der Waals surface area contributed by atoms with Gasteiger partial charge in [-0.3, -0.25) is 9.52 Å². The van der Waals surface area contributed by atoms with Crippen LogP contribution >= 0.6 is 0 Å². The summed E-state index contributed by atoms with van der Waals surface area (Å²) in [6.07, 6.45) is -4.61. The van der Waals surface area contributed by atoms with E-state index in [9.17, 15) is 26.4 Å². The second-order valence-corrected chi connectivity index (χ2v) is 8.01. The molecule has 0 radical (unpaired) electrons. The van der Waals surface area contributed by atoms with Gasteiger partial charge in [-0.25, -0.2) is 8.42 Å². The van der Waals surface area contributed by atoms with Crippen molar-refractivity contribution in [2.24, 2.45) is 0 Å². The summed E-state index contributed by atoms with van der Waals surface area (Å²) in [6, 6.07) is 18.2. The number of carbonyl (C=O) groups is 1. The molecule has 0 fully saturated rings. The maximum absolute atomic E-state index is 13.0. The summed E-state index contributed by atoms with van der Waals surface area (Å²) in [5.74, 6) is -0.614. The minimum absolute atomic E-state index is 0.0211. The van der Waals surface area contributed by atoms with Gasteiger partial charge in [-0.2, -0.15) is 13.2 Å². The lowest BCUT2D eigenvalue weighted by Gasteiger charge is -2.14. The number of halogens is 3. The Morgan fingerprint density at radius 2 is 1.48 bits per heavy atom. The highest BCUT2D eigenvalue weighted by Crippen LogP contribution is 2.34. The van der Waals surface area contributed by atoms with Crippen LogP contribution < -0.4 is 14.8 Å². The summed E-state index contributed by atoms with van der Waals surface area (Å²) in [5.41, 5.74) is -0.945. The third-order valence-electron chi connectivity index (χ3n) is 4.04. The fourth-order valence-electron chi connectivity index (χ4n) is 2.61. The first-order valence-electron chi connectivity index (χ1n) is 8.92. The predicted molar refractivity (Wildman–Crippen MR) is 109 cm³/mol. The number of nitrogens with one attached hydrogen (secondary N) is 2. The molecule has 0 atom stereocenters. The number of alkyl halides is 3. The number of para-hydroxylation sites is 2. The van der Waals surface area contributed by atoms with Crippen molar-refractivity contribution in [2.75, 3.05) is 16.6 Å². The Bertz CT molecular complexity index is 1150. The van der Waals surface area contributed by atoms with Gasteiger partial charge in [0.05, 0.1) is 16.1 Å². The average Bonchev–Trinajstić information content (AvgIpc) is 2.73. The van der Waals surface area contributed by atoms with Crippen molar-refractivity contribution in [1.29, 1.82) is 0 Å². The van der Waals surface area contributed by atoms with Crippen molar-refractivity contribution in [3.63, 3.8) is 0 Å². The van der Waals surface area contributed by atoms with Crippen molar-refractivity contribution in [2.45, 2.75) is 11.1 Å². The van der Waals surface area contributed by atoms with Gasteiger partial charge in [0.15, 0.2) is 6.61 Å². The number of anilines is 2. The first-order chi connectivity index (χ1) is 14.6. The molecule has 1 amide bonds. The van der Waals surface area contributed by atoms with E-state index in [0.29, 0.717) is 5.69 Å². The summed E-state index contributed by atoms with van der Waals surface area (Å²) >= 11 is 0. The van der Waals surface area contributed by atoms with Gasteiger partial charge in [0.25, 0.3) is 15.9 Å². The zero-order valence-corrected chi connectivity index (χ0v) is 16.7. The highest BCUT2D eigenvalue weighted by Gasteiger charge is 2.33. The Balaban J connectivity index is 1.60. The highest BCUT2D eigenvalue weighted by molar-refractivity contribution is 7.92. The molecule has 3 aromatic carbocycles. The quantitative estimate of drug-likeness (QED) is 0.554. The van der Waals surface area contributed by atoms with E-state index in [4.69, 9.17) is 4.74 Å². The van der Waals surface area contributed by atoms with E-state index in [1.54, 1.807) is 30.3 Å². The highest BCUT2D eigenvalue weighted by atomic mass is 32.2. The molecule has 0 aliphatic heterocycles. The molecule has 0 aliphatic carbocycles. The smallest absolute Gasteiger partial charge is 0.418 e. The first kappa shape index (κ1) is 22.2. The minimum atomic E-state index is -4.61. The maximum atomic E-state index is 13.0. The number of hydrogen-bond donors (Lipinski definition) is 2. The van der Waals surface area contributed by atoms with Gasteiger partial charge in [-0.1, -0.05) is 30.3 Å². The van der Waals surface area contributed by atoms with Gasteiger partial charge in [-0.15, -0.1) is 0 Å². The molecule has 6 nitrogen and oxygen atoms in total. The average molecular weight is 450 g/mol. The van der Waals surface area contributed by atoms with Crippen molar-refractivity contribution in [3.8, 4) is 5.75 Å². The summed E-state index contributed by atoms with van der Waals surface area (Å²) in [7, 11) is -3.81. The van der Waals surface area contributed by atoms with Crippen LogP contribution in [0.1, 0.15) is 5.56 Å². The number of benzene rings is 3. The number of carbonyl (C=O) groups excluding carboxylic acids is 1. The van der Waals surface area contributed by atoms with Crippen LogP contribution in [0.5, 0.6) is 5.75 Å². The van der Waals surface area contributed by atoms with Crippen molar-refractivity contribution < 1.29 is 31.1 Å². The van der Waals surface area contributed by atoms with Crippen LogP contribution in [0.25, 0.3) is 0 Å². The van der Waals surface area contributed by atoms with Crippen LogP contribution in [0.15, 0.2) is 83.8 Å². The lowest BCUT2D eigenvalue weighted by molar-refractivity contribution is -0.137. The lowest BCUT2D eigenvalue weighted by atomic mass is 10.1. The molecule has 2 N–H and O–H groups in total. The standard InChI is InChI=1S/C21H17F3N2O4S/c22-21(23,24)18-8-4-5-9-19(18)25-20(27)14-30-16-10-12-17(13-11-16)31(28,29)26-15-6-2-1-3-7-15/h1-13,26H,14H2,(H,25,27). The van der Waals surface area contributed by atoms with Gasteiger partial charge < -0.3 is 10.1 Å². The normalized spacial score (nSPS) is 11.6. The summed E-state index contributed by atoms with van der Waals surface area (Å²) < 4.78 is 71.4. The Morgan fingerprint density at radius 3 is 2.13 bits per heavy atom. The van der Waals surface area contributed by atoms with Gasteiger partial charge >= 0.3 is 6.18 Å². The van der Waals surface area contributed by atoms with E-state index < -0.39 is 34.3 Å². The van der Waals surface area contributed by atoms with Gasteiger partial charge in [-0.05, 0) is 48.5 Å². The summed E-state index contributed by atoms with van der Waals surface area (Å²) in [6.45, 7) is -0.555. The Kier molecular flexibility index (Phi) is 6.50. The SMILES string of the molecule is O=C(COc1ccc(S(=O)(=O)Nc2ccccc2)cc1)Nc1ccccc1C(F)(F)F. The van der Waals surface area contributed by atoms with E-state index in [2.05, 4.69) is 10.0 Å². The zero-order valence-electron chi connectivity index (χ0n) is 15.9. The molecule has 10 heteroatoms. The molecule has 0 saturated carbocycles. The number of rotatable bonds is 7. The number of amides is 1. The zero-order chi connectivity index (χ0) is 22.5. The van der Waals surface area contributed by atoms with Gasteiger partial charge in [0.2, 0.25) is 0 Å². The third kappa shape index (κ3) is 5.98. The topological polar surface area (TPSA) is 84.5 Å². The van der Waals surface area contributed by atoms with Crippen LogP contribution in [0.3, 0.4) is 0 Å². The maximum Gasteiger partial charge on any atom is 0.418 e. The third-order valence-corrected chi connectivity index (χ3v) is 5.43. The van der Waals surface area contributed by atoms with Crippen molar-refractivity contribution in [3.05, 3.63) is 84.4 Å². The van der Waals surface area contributed by atoms with Crippen molar-refractivity contribution >= 4 is 27.3 Å². The first-order valence-corrected chi connectivity index (χ1v) is 10.4. The van der Waals surface area contributed by atoms with E-state index in [0.717, 1.165) is 12.1 Å². The molecule has 0 unspecified atom stereocenters. The molecule has 0 heterocycles. The van der Waals surface area contributed by atoms with E-state index >= 15 is 0 Å². The predicted octanol–water partition coefficient (Wildman–Crippen LogP) is 4.52. The van der Waals surface area contributed by atoms with Crippen LogP contribution in [0.4, 0.5) is 24.5 Å². The summed E-state index contributed by atoms with van der Waals surface area (Å²) in [5, 5.41) is 2.16. The van der Waals surface area contributed by atoms with E-state index in [-0.39, 0.29) is 16.3 Å². The molecular weight excluding hydrogens is 433 g/mol. The molecule has 162 valence electrons. The Labute approximate surface area is 176 Å². The largest absolute Gasteiger partial charge is 0.484 e. The second kappa shape index (κ2) is 9.09. The molecule has 3 rings (SSSR count). The van der Waals surface area contributed by atoms with Gasteiger partial charge in [0, 0.05) is 5.69 Å². The fourth-order valence-corrected chi connectivity index (χ4v) is 3.67. The Morgan fingerprint density at radius 1 is 0.871 bits per heavy atom. The number of hydrogen-bond acceptors (Lipinski definition) is 4. The molecule has 0 bridgehead atoms. The number of sulfonamides is 1. The molecule has 0 spiro atoms. The molecule has 0 aliphatic rings. The Hall–Kier alpha value is -3.53.